The standard InChI is InChI=1S/C15H24N2O3S/c1-12-6-4-3-5-9-17(12)21(18,19)15-10-13(11-16)7-8-14(15)20-2/h7-8,10,12H,3-6,9,11,16H2,1-2H3. The summed E-state index contributed by atoms with van der Waals surface area (Å²) in [5.41, 5.74) is 6.42. The predicted molar refractivity (Wildman–Crippen MR) is 82.7 cm³/mol. The highest BCUT2D eigenvalue weighted by Crippen LogP contribution is 2.31. The third-order valence-electron chi connectivity index (χ3n) is 4.04. The van der Waals surface area contributed by atoms with Crippen molar-refractivity contribution in [2.75, 3.05) is 13.7 Å². The summed E-state index contributed by atoms with van der Waals surface area (Å²) >= 11 is 0. The normalized spacial score (nSPS) is 21.0. The summed E-state index contributed by atoms with van der Waals surface area (Å²) in [5, 5.41) is 0. The van der Waals surface area contributed by atoms with Gasteiger partial charge >= 0.3 is 0 Å². The summed E-state index contributed by atoms with van der Waals surface area (Å²) in [7, 11) is -2.07. The lowest BCUT2D eigenvalue weighted by atomic mass is 10.1. The topological polar surface area (TPSA) is 72.6 Å². The van der Waals surface area contributed by atoms with Crippen LogP contribution in [0.25, 0.3) is 0 Å². The molecule has 0 bridgehead atoms. The molecule has 2 rings (SSSR count). The van der Waals surface area contributed by atoms with Crippen molar-refractivity contribution in [3.05, 3.63) is 23.8 Å². The Morgan fingerprint density at radius 3 is 2.76 bits per heavy atom. The van der Waals surface area contributed by atoms with Gasteiger partial charge in [-0.25, -0.2) is 8.42 Å². The number of hydrogen-bond acceptors (Lipinski definition) is 4. The minimum absolute atomic E-state index is 0.0174. The van der Waals surface area contributed by atoms with Crippen LogP contribution < -0.4 is 10.5 Å². The molecule has 118 valence electrons. The van der Waals surface area contributed by atoms with Gasteiger partial charge in [-0.15, -0.1) is 0 Å². The van der Waals surface area contributed by atoms with Gasteiger partial charge in [0.25, 0.3) is 0 Å². The Morgan fingerprint density at radius 1 is 1.33 bits per heavy atom. The van der Waals surface area contributed by atoms with E-state index in [4.69, 9.17) is 10.5 Å². The second-order valence-corrected chi connectivity index (χ2v) is 7.36. The summed E-state index contributed by atoms with van der Waals surface area (Å²) in [6, 6.07) is 5.12. The van der Waals surface area contributed by atoms with Crippen molar-refractivity contribution in [2.24, 2.45) is 5.73 Å². The SMILES string of the molecule is COc1ccc(CN)cc1S(=O)(=O)N1CCCCCC1C. The van der Waals surface area contributed by atoms with Gasteiger partial charge in [0.2, 0.25) is 10.0 Å². The smallest absolute Gasteiger partial charge is 0.247 e. The lowest BCUT2D eigenvalue weighted by Crippen LogP contribution is -2.38. The van der Waals surface area contributed by atoms with Gasteiger partial charge in [0, 0.05) is 19.1 Å². The van der Waals surface area contributed by atoms with E-state index in [2.05, 4.69) is 0 Å². The Labute approximate surface area is 127 Å². The van der Waals surface area contributed by atoms with Gasteiger partial charge in [-0.3, -0.25) is 0 Å². The zero-order valence-electron chi connectivity index (χ0n) is 12.7. The van der Waals surface area contributed by atoms with Crippen LogP contribution in [0, 0.1) is 0 Å². The first-order valence-corrected chi connectivity index (χ1v) is 8.83. The number of rotatable bonds is 4. The third kappa shape index (κ3) is 3.39. The molecule has 1 aromatic carbocycles. The Balaban J connectivity index is 2.46. The van der Waals surface area contributed by atoms with Gasteiger partial charge < -0.3 is 10.5 Å². The van der Waals surface area contributed by atoms with Gasteiger partial charge in [-0.1, -0.05) is 18.9 Å². The lowest BCUT2D eigenvalue weighted by molar-refractivity contribution is 0.338. The van der Waals surface area contributed by atoms with Crippen LogP contribution in [0.3, 0.4) is 0 Å². The van der Waals surface area contributed by atoms with Gasteiger partial charge in [0.05, 0.1) is 7.11 Å². The van der Waals surface area contributed by atoms with E-state index in [1.807, 2.05) is 6.92 Å². The van der Waals surface area contributed by atoms with Crippen LogP contribution in [-0.4, -0.2) is 32.4 Å². The second kappa shape index (κ2) is 6.77. The fraction of sp³-hybridized carbons (Fsp3) is 0.600. The average molecular weight is 312 g/mol. The molecular formula is C15H24N2O3S. The van der Waals surface area contributed by atoms with Crippen molar-refractivity contribution < 1.29 is 13.2 Å². The number of nitrogens with zero attached hydrogens (tertiary/aromatic N) is 1. The number of hydrogen-bond donors (Lipinski definition) is 1. The minimum Gasteiger partial charge on any atom is -0.495 e. The van der Waals surface area contributed by atoms with E-state index < -0.39 is 10.0 Å². The van der Waals surface area contributed by atoms with Gasteiger partial charge in [0.15, 0.2) is 0 Å². The molecular weight excluding hydrogens is 288 g/mol. The van der Waals surface area contributed by atoms with E-state index in [-0.39, 0.29) is 10.9 Å². The Bertz CT molecular complexity index is 587. The molecule has 1 fully saturated rings. The molecule has 0 spiro atoms. The van der Waals surface area contributed by atoms with Gasteiger partial charge in [-0.2, -0.15) is 4.31 Å². The van der Waals surface area contributed by atoms with E-state index in [1.54, 1.807) is 22.5 Å². The molecule has 1 heterocycles. The van der Waals surface area contributed by atoms with Crippen LogP contribution in [0.2, 0.25) is 0 Å². The highest BCUT2D eigenvalue weighted by Gasteiger charge is 2.32. The number of sulfonamides is 1. The maximum atomic E-state index is 13.0. The molecule has 0 amide bonds. The molecule has 1 atom stereocenters. The number of benzene rings is 1. The van der Waals surface area contributed by atoms with Gasteiger partial charge in [0.1, 0.15) is 10.6 Å². The second-order valence-electron chi connectivity index (χ2n) is 5.50. The molecule has 1 saturated heterocycles. The molecule has 1 aliphatic heterocycles. The first-order chi connectivity index (χ1) is 10.0. The zero-order valence-corrected chi connectivity index (χ0v) is 13.5. The van der Waals surface area contributed by atoms with Crippen LogP contribution in [0.1, 0.15) is 38.2 Å². The predicted octanol–water partition coefficient (Wildman–Crippen LogP) is 2.11. The van der Waals surface area contributed by atoms with E-state index in [0.29, 0.717) is 18.8 Å². The molecule has 2 N–H and O–H groups in total. The average Bonchev–Trinajstić information content (AvgIpc) is 2.71. The van der Waals surface area contributed by atoms with Crippen molar-refractivity contribution in [3.8, 4) is 5.75 Å². The molecule has 0 saturated carbocycles. The summed E-state index contributed by atoms with van der Waals surface area (Å²) in [4.78, 5) is 0.224. The largest absolute Gasteiger partial charge is 0.495 e. The molecule has 21 heavy (non-hydrogen) atoms. The maximum absolute atomic E-state index is 13.0. The molecule has 0 radical (unpaired) electrons. The molecule has 1 unspecified atom stereocenters. The minimum atomic E-state index is -3.56. The third-order valence-corrected chi connectivity index (χ3v) is 6.08. The number of ether oxygens (including phenoxy) is 1. The molecule has 6 heteroatoms. The summed E-state index contributed by atoms with van der Waals surface area (Å²) in [6.45, 7) is 2.85. The first-order valence-electron chi connectivity index (χ1n) is 7.39. The van der Waals surface area contributed by atoms with Crippen LogP contribution in [0.4, 0.5) is 0 Å². The molecule has 0 aliphatic carbocycles. The lowest BCUT2D eigenvalue weighted by Gasteiger charge is -2.27. The summed E-state index contributed by atoms with van der Waals surface area (Å²) in [5.74, 6) is 0.378. The van der Waals surface area contributed by atoms with Crippen molar-refractivity contribution >= 4 is 10.0 Å². The Kier molecular flexibility index (Phi) is 5.24. The first kappa shape index (κ1) is 16.3. The van der Waals surface area contributed by atoms with Gasteiger partial charge in [-0.05, 0) is 37.5 Å². The molecule has 1 aliphatic rings. The fourth-order valence-electron chi connectivity index (χ4n) is 2.78. The van der Waals surface area contributed by atoms with Crippen LogP contribution >= 0.6 is 0 Å². The Morgan fingerprint density at radius 2 is 2.10 bits per heavy atom. The molecule has 0 aromatic heterocycles. The van der Waals surface area contributed by atoms with E-state index in [9.17, 15) is 8.42 Å². The molecule has 1 aromatic rings. The van der Waals surface area contributed by atoms with E-state index in [1.165, 1.54) is 7.11 Å². The van der Waals surface area contributed by atoms with Crippen LogP contribution in [0.5, 0.6) is 5.75 Å². The summed E-state index contributed by atoms with van der Waals surface area (Å²) in [6.07, 6.45) is 3.96. The fourth-order valence-corrected chi connectivity index (χ4v) is 4.69. The van der Waals surface area contributed by atoms with Crippen LogP contribution in [-0.2, 0) is 16.6 Å². The highest BCUT2D eigenvalue weighted by molar-refractivity contribution is 7.89. The van der Waals surface area contributed by atoms with Crippen molar-refractivity contribution in [3.63, 3.8) is 0 Å². The zero-order chi connectivity index (χ0) is 15.5. The van der Waals surface area contributed by atoms with E-state index >= 15 is 0 Å². The quantitative estimate of drug-likeness (QED) is 0.924. The van der Waals surface area contributed by atoms with E-state index in [0.717, 1.165) is 31.2 Å². The summed E-state index contributed by atoms with van der Waals surface area (Å²) < 4.78 is 32.9. The maximum Gasteiger partial charge on any atom is 0.247 e. The molecule has 5 nitrogen and oxygen atoms in total. The highest BCUT2D eigenvalue weighted by atomic mass is 32.2. The monoisotopic (exact) mass is 312 g/mol. The van der Waals surface area contributed by atoms with Crippen molar-refractivity contribution in [1.29, 1.82) is 0 Å². The number of nitrogens with two attached hydrogens (primary N) is 1. The van der Waals surface area contributed by atoms with Crippen LogP contribution in [0.15, 0.2) is 23.1 Å². The van der Waals surface area contributed by atoms with Crippen molar-refractivity contribution in [2.45, 2.75) is 50.1 Å². The Hall–Kier alpha value is -1.11. The van der Waals surface area contributed by atoms with Crippen molar-refractivity contribution in [1.82, 2.24) is 4.31 Å². The number of methoxy groups -OCH3 is 1.